The average molecular weight is 606 g/mol. The number of oxazole rings is 1. The van der Waals surface area contributed by atoms with Crippen LogP contribution in [0.25, 0.3) is 22.2 Å². The van der Waals surface area contributed by atoms with E-state index in [1.807, 2.05) is 51.2 Å². The van der Waals surface area contributed by atoms with Crippen molar-refractivity contribution in [3.8, 4) is 11.3 Å². The van der Waals surface area contributed by atoms with E-state index < -0.39 is 23.5 Å². The minimum absolute atomic E-state index is 0.0365. The molecule has 44 heavy (non-hydrogen) atoms. The number of fused-ring (bicyclic) bond motifs is 1. The van der Waals surface area contributed by atoms with Gasteiger partial charge in [0, 0.05) is 35.6 Å². The molecule has 4 rings (SSSR count). The van der Waals surface area contributed by atoms with Crippen molar-refractivity contribution in [2.75, 3.05) is 13.6 Å². The molecule has 3 atom stereocenters. The van der Waals surface area contributed by atoms with Crippen LogP contribution in [0.1, 0.15) is 121 Å². The molecular weight excluding hydrogens is 554 g/mol. The fourth-order valence-electron chi connectivity index (χ4n) is 5.97. The van der Waals surface area contributed by atoms with E-state index in [-0.39, 0.29) is 17.6 Å². The standard InChI is InChI=1S/C35H51N5O4/c1-7-8-9-10-11-12-13-20-28(41)29-30(25-22-37-26-18-15-14-17-24(25)26)44-33(38-29)27-19-16-21-40(27)34(43)31(35(3,4)5)39-32(42)23(2)36-6/h14-15,17-18,22-23,27,31,36-37H,7-13,16,19-21H2,1-6H3,(H,39,42)/t23-,27-,31+/m0/s1. The first-order chi connectivity index (χ1) is 21.1. The molecule has 9 nitrogen and oxygen atoms in total. The van der Waals surface area contributed by atoms with Crippen LogP contribution in [-0.4, -0.2) is 58.1 Å². The normalized spacial score (nSPS) is 16.8. The lowest BCUT2D eigenvalue weighted by atomic mass is 9.85. The summed E-state index contributed by atoms with van der Waals surface area (Å²) in [4.78, 5) is 50.4. The molecular formula is C35H51N5O4. The number of H-pyrrole nitrogens is 1. The molecule has 9 heteroatoms. The van der Waals surface area contributed by atoms with Crippen LogP contribution in [0.4, 0.5) is 0 Å². The summed E-state index contributed by atoms with van der Waals surface area (Å²) in [5, 5.41) is 6.87. The molecule has 0 radical (unpaired) electrons. The van der Waals surface area contributed by atoms with Gasteiger partial charge in [-0.15, -0.1) is 0 Å². The fourth-order valence-corrected chi connectivity index (χ4v) is 5.97. The second-order valence-corrected chi connectivity index (χ2v) is 13.3. The third-order valence-electron chi connectivity index (χ3n) is 8.80. The molecule has 2 amide bonds. The van der Waals surface area contributed by atoms with Crippen LogP contribution in [0.15, 0.2) is 34.9 Å². The van der Waals surface area contributed by atoms with Crippen molar-refractivity contribution in [2.45, 2.75) is 117 Å². The van der Waals surface area contributed by atoms with Gasteiger partial charge in [0.2, 0.25) is 17.7 Å². The van der Waals surface area contributed by atoms with E-state index in [0.717, 1.165) is 42.1 Å². The minimum Gasteiger partial charge on any atom is -0.438 e. The maximum atomic E-state index is 14.1. The fraction of sp³-hybridized carbons (Fsp3) is 0.600. The van der Waals surface area contributed by atoms with E-state index in [9.17, 15) is 14.4 Å². The van der Waals surface area contributed by atoms with Crippen LogP contribution in [0, 0.1) is 5.41 Å². The lowest BCUT2D eigenvalue weighted by molar-refractivity contribution is -0.141. The Bertz CT molecular complexity index is 1420. The molecule has 0 spiro atoms. The van der Waals surface area contributed by atoms with Crippen LogP contribution in [-0.2, 0) is 9.59 Å². The number of aromatic amines is 1. The van der Waals surface area contributed by atoms with E-state index in [1.54, 1.807) is 18.9 Å². The summed E-state index contributed by atoms with van der Waals surface area (Å²) in [5.74, 6) is 0.396. The summed E-state index contributed by atoms with van der Waals surface area (Å²) < 4.78 is 6.48. The maximum Gasteiger partial charge on any atom is 0.246 e. The first-order valence-electron chi connectivity index (χ1n) is 16.4. The van der Waals surface area contributed by atoms with E-state index >= 15 is 0 Å². The van der Waals surface area contributed by atoms with Crippen molar-refractivity contribution in [3.05, 3.63) is 42.0 Å². The lowest BCUT2D eigenvalue weighted by Gasteiger charge is -2.35. The summed E-state index contributed by atoms with van der Waals surface area (Å²) in [6, 6.07) is 6.33. The number of nitrogens with zero attached hydrogens (tertiary/aromatic N) is 2. The van der Waals surface area contributed by atoms with Gasteiger partial charge in [0.05, 0.1) is 6.04 Å². The Morgan fingerprint density at radius 2 is 1.80 bits per heavy atom. The largest absolute Gasteiger partial charge is 0.438 e. The second kappa shape index (κ2) is 15.0. The number of Topliss-reactive ketones (excluding diaryl/α,β-unsaturated/α-hetero) is 1. The number of benzene rings is 1. The van der Waals surface area contributed by atoms with Gasteiger partial charge in [-0.1, -0.05) is 84.4 Å². The highest BCUT2D eigenvalue weighted by Crippen LogP contribution is 2.39. The maximum absolute atomic E-state index is 14.1. The number of carbonyl (C=O) groups is 3. The second-order valence-electron chi connectivity index (χ2n) is 13.3. The Morgan fingerprint density at radius 3 is 2.50 bits per heavy atom. The zero-order chi connectivity index (χ0) is 31.9. The van der Waals surface area contributed by atoms with Gasteiger partial charge in [-0.25, -0.2) is 4.98 Å². The van der Waals surface area contributed by atoms with Crippen molar-refractivity contribution < 1.29 is 18.8 Å². The lowest BCUT2D eigenvalue weighted by Crippen LogP contribution is -2.57. The van der Waals surface area contributed by atoms with Gasteiger partial charge in [0.15, 0.2) is 17.2 Å². The van der Waals surface area contributed by atoms with Gasteiger partial charge in [-0.2, -0.15) is 0 Å². The number of likely N-dealkylation sites (N-methyl/N-ethyl adjacent to an activating group) is 1. The Kier molecular flexibility index (Phi) is 11.4. The molecule has 1 aliphatic rings. The highest BCUT2D eigenvalue weighted by atomic mass is 16.4. The van der Waals surface area contributed by atoms with Crippen molar-refractivity contribution in [3.63, 3.8) is 0 Å². The predicted octanol–water partition coefficient (Wildman–Crippen LogP) is 6.95. The van der Waals surface area contributed by atoms with Gasteiger partial charge in [0.25, 0.3) is 0 Å². The topological polar surface area (TPSA) is 120 Å². The Hall–Kier alpha value is -3.46. The first kappa shape index (κ1) is 33.4. The van der Waals surface area contributed by atoms with Crippen LogP contribution in [0.5, 0.6) is 0 Å². The summed E-state index contributed by atoms with van der Waals surface area (Å²) in [6.45, 7) is 10.4. The first-order valence-corrected chi connectivity index (χ1v) is 16.4. The quantitative estimate of drug-likeness (QED) is 0.127. The molecule has 2 aromatic heterocycles. The van der Waals surface area contributed by atoms with E-state index in [0.29, 0.717) is 36.7 Å². The Morgan fingerprint density at radius 1 is 1.09 bits per heavy atom. The molecule has 1 fully saturated rings. The molecule has 1 aromatic carbocycles. The van der Waals surface area contributed by atoms with Crippen molar-refractivity contribution in [1.29, 1.82) is 0 Å². The summed E-state index contributed by atoms with van der Waals surface area (Å²) >= 11 is 0. The van der Waals surface area contributed by atoms with Gasteiger partial charge in [-0.3, -0.25) is 14.4 Å². The van der Waals surface area contributed by atoms with Crippen LogP contribution in [0.2, 0.25) is 0 Å². The van der Waals surface area contributed by atoms with Gasteiger partial charge in [0.1, 0.15) is 12.1 Å². The van der Waals surface area contributed by atoms with Crippen molar-refractivity contribution in [2.24, 2.45) is 5.41 Å². The number of amides is 2. The molecule has 0 saturated carbocycles. The molecule has 0 unspecified atom stereocenters. The van der Waals surface area contributed by atoms with E-state index in [2.05, 4.69) is 22.5 Å². The molecule has 240 valence electrons. The van der Waals surface area contributed by atoms with Crippen molar-refractivity contribution >= 4 is 28.5 Å². The number of likely N-dealkylation sites (tertiary alicyclic amines) is 1. The molecule has 3 heterocycles. The SMILES string of the molecule is CCCCCCCCCC(=O)c1nc([C@@H]2CCCN2C(=O)[C@@H](NC(=O)[C@H](C)NC)C(C)(C)C)oc1-c1c[nH]c2ccccc12. The molecule has 1 aliphatic heterocycles. The molecule has 0 bridgehead atoms. The third-order valence-corrected chi connectivity index (χ3v) is 8.80. The molecule has 3 aromatic rings. The minimum atomic E-state index is -0.729. The van der Waals surface area contributed by atoms with Gasteiger partial charge >= 0.3 is 0 Å². The summed E-state index contributed by atoms with van der Waals surface area (Å²) in [6.07, 6.45) is 11.6. The number of hydrogen-bond acceptors (Lipinski definition) is 6. The van der Waals surface area contributed by atoms with E-state index in [1.165, 1.54) is 25.7 Å². The number of unbranched alkanes of at least 4 members (excludes halogenated alkanes) is 6. The summed E-state index contributed by atoms with van der Waals surface area (Å²) in [5.41, 5.74) is 1.55. The van der Waals surface area contributed by atoms with E-state index in [4.69, 9.17) is 9.40 Å². The zero-order valence-corrected chi connectivity index (χ0v) is 27.4. The monoisotopic (exact) mass is 605 g/mol. The smallest absolute Gasteiger partial charge is 0.246 e. The van der Waals surface area contributed by atoms with Crippen LogP contribution in [0.3, 0.4) is 0 Å². The molecule has 0 aliphatic carbocycles. The number of rotatable bonds is 15. The number of ketones is 1. The number of hydrogen-bond donors (Lipinski definition) is 3. The third kappa shape index (κ3) is 7.78. The number of carbonyl (C=O) groups excluding carboxylic acids is 3. The highest BCUT2D eigenvalue weighted by molar-refractivity contribution is 6.04. The van der Waals surface area contributed by atoms with Crippen LogP contribution < -0.4 is 10.6 Å². The summed E-state index contributed by atoms with van der Waals surface area (Å²) in [7, 11) is 1.72. The average Bonchev–Trinajstić information content (AvgIpc) is 3.76. The Labute approximate surface area is 261 Å². The van der Waals surface area contributed by atoms with Gasteiger partial charge < -0.3 is 24.9 Å². The van der Waals surface area contributed by atoms with Gasteiger partial charge in [-0.05, 0) is 44.7 Å². The highest BCUT2D eigenvalue weighted by Gasteiger charge is 2.42. The predicted molar refractivity (Wildman–Crippen MR) is 174 cm³/mol. The van der Waals surface area contributed by atoms with Crippen molar-refractivity contribution in [1.82, 2.24) is 25.5 Å². The molecule has 3 N–H and O–H groups in total. The number of aromatic nitrogens is 2. The zero-order valence-electron chi connectivity index (χ0n) is 27.4. The van der Waals surface area contributed by atoms with Crippen LogP contribution >= 0.6 is 0 Å². The number of nitrogens with one attached hydrogen (secondary N) is 3. The molecule has 1 saturated heterocycles. The Balaban J connectivity index is 1.62. The number of para-hydroxylation sites is 1.